The van der Waals surface area contributed by atoms with Crippen molar-refractivity contribution in [3.05, 3.63) is 0 Å². The zero-order valence-corrected chi connectivity index (χ0v) is 29.4. The van der Waals surface area contributed by atoms with E-state index >= 15 is 0 Å². The molecular weight excluding hydrogens is 608 g/mol. The van der Waals surface area contributed by atoms with Gasteiger partial charge in [-0.15, -0.1) is 0 Å². The molecule has 47 heavy (non-hydrogen) atoms. The molecule has 272 valence electrons. The van der Waals surface area contributed by atoms with Gasteiger partial charge in [0.05, 0.1) is 42.2 Å². The van der Waals surface area contributed by atoms with Crippen LogP contribution in [0.5, 0.6) is 0 Å². The number of ether oxygens (including phenoxy) is 3. The molecule has 2 saturated heterocycles. The van der Waals surface area contributed by atoms with E-state index in [4.69, 9.17) is 14.2 Å². The van der Waals surface area contributed by atoms with Crippen LogP contribution in [0.1, 0.15) is 106 Å². The maximum atomic E-state index is 12.0. The molecule has 11 heteroatoms. The predicted octanol–water partition coefficient (Wildman–Crippen LogP) is 1.44. The Hall–Kier alpha value is -0.440. The summed E-state index contributed by atoms with van der Waals surface area (Å²) in [6.45, 7) is 14.2. The van der Waals surface area contributed by atoms with Gasteiger partial charge in [-0.2, -0.15) is 0 Å². The van der Waals surface area contributed by atoms with Gasteiger partial charge in [0.15, 0.2) is 6.29 Å². The average molecular weight is 671 g/mol. The third kappa shape index (κ3) is 4.64. The largest absolute Gasteiger partial charge is 0.412 e. The first-order chi connectivity index (χ1) is 21.2. The second-order valence-corrected chi connectivity index (χ2v) is 18.7. The fourth-order valence-corrected chi connectivity index (χ4v) is 13.6. The van der Waals surface area contributed by atoms with Gasteiger partial charge in [0.25, 0.3) is 0 Å². The zero-order chi connectivity index (χ0) is 33.6. The van der Waals surface area contributed by atoms with E-state index in [0.717, 1.165) is 38.5 Å². The topological polar surface area (TPSA) is 201 Å². The van der Waals surface area contributed by atoms with Crippen LogP contribution in [0.25, 0.3) is 0 Å². The Kier molecular flexibility index (Phi) is 8.53. The molecule has 0 aromatic carbocycles. The quantitative estimate of drug-likeness (QED) is 0.210. The average Bonchev–Trinajstić information content (AvgIpc) is 3.33. The fraction of sp³-hybridized carbons (Fsp3) is 1.00. The molecule has 2 aliphatic heterocycles. The molecule has 9 N–H and O–H groups in total. The molecule has 0 amide bonds. The Labute approximate surface area is 279 Å². The lowest BCUT2D eigenvalue weighted by Gasteiger charge is -2.65. The molecule has 4 unspecified atom stereocenters. The van der Waals surface area contributed by atoms with Crippen molar-refractivity contribution in [1.82, 2.24) is 0 Å². The molecule has 5 aliphatic carbocycles. The first kappa shape index (κ1) is 36.4. The number of aliphatic hydroxyl groups excluding tert-OH is 6. The monoisotopic (exact) mass is 670 g/mol. The highest BCUT2D eigenvalue weighted by atomic mass is 16.7. The molecule has 7 rings (SSSR count). The summed E-state index contributed by atoms with van der Waals surface area (Å²) in [5.74, 6) is 0.0768. The molecule has 11 nitrogen and oxygen atoms in total. The van der Waals surface area contributed by atoms with Gasteiger partial charge in [-0.3, -0.25) is 0 Å². The van der Waals surface area contributed by atoms with E-state index in [1.165, 1.54) is 0 Å². The van der Waals surface area contributed by atoms with E-state index in [1.54, 1.807) is 13.8 Å². The van der Waals surface area contributed by atoms with Crippen molar-refractivity contribution >= 4 is 0 Å². The zero-order valence-electron chi connectivity index (χ0n) is 29.4. The van der Waals surface area contributed by atoms with Crippen molar-refractivity contribution < 1.29 is 55.4 Å². The SMILES string of the molecule is CC(C)(O)[C@@H]1CC[C@](C)([C@H]2[C@@H](O)C[C@@]3(C)C4C[C@H](O[C@@H]5O[C@H](CO)[C@@H](O)[C@H](O)[C@H]5O)C5C(C)(C)[C@@H](O)CCC56CC46CC[C@]23C)O1.O. The van der Waals surface area contributed by atoms with Gasteiger partial charge in [0, 0.05) is 5.92 Å². The fourth-order valence-electron chi connectivity index (χ4n) is 13.6. The number of rotatable bonds is 5. The summed E-state index contributed by atoms with van der Waals surface area (Å²) in [4.78, 5) is 0. The van der Waals surface area contributed by atoms with Gasteiger partial charge in [-0.05, 0) is 117 Å². The normalized spacial score (nSPS) is 58.1. The van der Waals surface area contributed by atoms with Crippen molar-refractivity contribution in [3.63, 3.8) is 0 Å². The Morgan fingerprint density at radius 3 is 2.11 bits per heavy atom. The maximum Gasteiger partial charge on any atom is 0.186 e. The van der Waals surface area contributed by atoms with Gasteiger partial charge in [-0.1, -0.05) is 27.7 Å². The third-order valence-corrected chi connectivity index (χ3v) is 15.9. The van der Waals surface area contributed by atoms with Crippen LogP contribution in [-0.4, -0.2) is 114 Å². The summed E-state index contributed by atoms with van der Waals surface area (Å²) in [7, 11) is 0. The summed E-state index contributed by atoms with van der Waals surface area (Å²) >= 11 is 0. The molecule has 2 heterocycles. The van der Waals surface area contributed by atoms with Gasteiger partial charge in [0.2, 0.25) is 0 Å². The lowest BCUT2D eigenvalue weighted by Crippen LogP contribution is -2.64. The summed E-state index contributed by atoms with van der Waals surface area (Å²) in [5.41, 5.74) is -2.50. The van der Waals surface area contributed by atoms with Crippen LogP contribution in [0.2, 0.25) is 0 Å². The van der Waals surface area contributed by atoms with Gasteiger partial charge < -0.3 is 55.4 Å². The predicted molar refractivity (Wildman–Crippen MR) is 171 cm³/mol. The molecule has 0 bridgehead atoms. The van der Waals surface area contributed by atoms with Crippen LogP contribution >= 0.6 is 0 Å². The lowest BCUT2D eigenvalue weighted by atomic mass is 9.41. The van der Waals surface area contributed by atoms with Crippen LogP contribution < -0.4 is 0 Å². The molecular formula is C36H62O11. The molecule has 17 atom stereocenters. The minimum absolute atomic E-state index is 0. The van der Waals surface area contributed by atoms with Gasteiger partial charge in [-0.25, -0.2) is 0 Å². The van der Waals surface area contributed by atoms with E-state index in [9.17, 15) is 35.7 Å². The van der Waals surface area contributed by atoms with Gasteiger partial charge in [0.1, 0.15) is 24.4 Å². The van der Waals surface area contributed by atoms with E-state index < -0.39 is 72.2 Å². The Balaban J connectivity index is 0.00000386. The maximum absolute atomic E-state index is 12.0. The Morgan fingerprint density at radius 1 is 0.809 bits per heavy atom. The minimum Gasteiger partial charge on any atom is -0.412 e. The van der Waals surface area contributed by atoms with E-state index in [0.29, 0.717) is 19.3 Å². The Bertz CT molecular complexity index is 1210. The van der Waals surface area contributed by atoms with Crippen molar-refractivity contribution in [1.29, 1.82) is 0 Å². The van der Waals surface area contributed by atoms with Crippen LogP contribution in [-0.2, 0) is 14.2 Å². The summed E-state index contributed by atoms with van der Waals surface area (Å²) < 4.78 is 19.4. The second-order valence-electron chi connectivity index (χ2n) is 18.7. The van der Waals surface area contributed by atoms with Crippen LogP contribution in [0, 0.1) is 44.8 Å². The van der Waals surface area contributed by atoms with Crippen LogP contribution in [0.15, 0.2) is 0 Å². The van der Waals surface area contributed by atoms with Crippen molar-refractivity contribution in [2.24, 2.45) is 44.8 Å². The number of aliphatic hydroxyl groups is 7. The van der Waals surface area contributed by atoms with E-state index in [2.05, 4.69) is 34.6 Å². The van der Waals surface area contributed by atoms with Crippen LogP contribution in [0.4, 0.5) is 0 Å². The van der Waals surface area contributed by atoms with Crippen molar-refractivity contribution in [3.8, 4) is 0 Å². The summed E-state index contributed by atoms with van der Waals surface area (Å²) in [6.07, 6.45) is -1.07. The molecule has 7 fully saturated rings. The highest BCUT2D eigenvalue weighted by Gasteiger charge is 2.85. The number of hydrogen-bond donors (Lipinski definition) is 7. The third-order valence-electron chi connectivity index (χ3n) is 15.9. The highest BCUT2D eigenvalue weighted by molar-refractivity contribution is 5.33. The van der Waals surface area contributed by atoms with E-state index in [-0.39, 0.29) is 51.0 Å². The standard InChI is InChI=1S/C36H60O10.H2O/c1-30(2)22(39)8-11-36-17-35(36)13-12-32(5)27(34(7)10-9-23(46-34)31(3,4)43)18(38)15-33(32,6)21(35)14-19(28(30)36)44-29-26(42)25(41)24(40)20(16-37)45-29;/h18-29,37-43H,8-17H2,1-7H3;1H2/t18-,19-,20+,21?,22-,23-,24+,25-,26+,27-,28?,29+,32+,33-,34+,35?,36?;/m0./s1. The molecule has 7 aliphatic rings. The lowest BCUT2D eigenvalue weighted by molar-refractivity contribution is -0.331. The van der Waals surface area contributed by atoms with Gasteiger partial charge >= 0.3 is 0 Å². The molecule has 0 aromatic rings. The molecule has 5 saturated carbocycles. The summed E-state index contributed by atoms with van der Waals surface area (Å²) in [5, 5.41) is 76.2. The van der Waals surface area contributed by atoms with Crippen molar-refractivity contribution in [2.45, 2.75) is 173 Å². The van der Waals surface area contributed by atoms with Crippen molar-refractivity contribution in [2.75, 3.05) is 6.61 Å². The number of fused-ring (bicyclic) bond motifs is 2. The van der Waals surface area contributed by atoms with Crippen LogP contribution in [0.3, 0.4) is 0 Å². The van der Waals surface area contributed by atoms with E-state index in [1.807, 2.05) is 0 Å². The minimum atomic E-state index is -1.53. The molecule has 2 spiro atoms. The Morgan fingerprint density at radius 2 is 1.49 bits per heavy atom. The first-order valence-corrected chi connectivity index (χ1v) is 17.9. The summed E-state index contributed by atoms with van der Waals surface area (Å²) in [6, 6.07) is 0. The molecule has 0 aromatic heterocycles. The smallest absolute Gasteiger partial charge is 0.186 e. The second kappa shape index (κ2) is 11.0. The molecule has 0 radical (unpaired) electrons. The highest BCUT2D eigenvalue weighted by Crippen LogP contribution is 2.89. The first-order valence-electron chi connectivity index (χ1n) is 17.9. The number of hydrogen-bond acceptors (Lipinski definition) is 10.